The van der Waals surface area contributed by atoms with Gasteiger partial charge in [0.05, 0.1) is 22.7 Å². The van der Waals surface area contributed by atoms with Crippen molar-refractivity contribution >= 4 is 54.8 Å². The molecule has 0 atom stereocenters. The van der Waals surface area contributed by atoms with Crippen molar-refractivity contribution in [3.8, 4) is 34.0 Å². The molecule has 5 heterocycles. The molecule has 10 aromatic rings. The molecule has 228 valence electrons. The van der Waals surface area contributed by atoms with Crippen LogP contribution in [-0.2, 0) is 21.1 Å². The van der Waals surface area contributed by atoms with E-state index in [0.29, 0.717) is 11.5 Å². The van der Waals surface area contributed by atoms with E-state index in [4.69, 9.17) is 19.7 Å². The van der Waals surface area contributed by atoms with Gasteiger partial charge >= 0.3 is 21.1 Å². The largest absolute Gasteiger partial charge is 2.00 e. The average molecular weight is 797 g/mol. The zero-order valence-corrected chi connectivity index (χ0v) is 27.5. The second-order valence-electron chi connectivity index (χ2n) is 11.6. The van der Waals surface area contributed by atoms with Gasteiger partial charge in [0.15, 0.2) is 0 Å². The van der Waals surface area contributed by atoms with Gasteiger partial charge in [0.2, 0.25) is 0 Å². The molecule has 10 rings (SSSR count). The van der Waals surface area contributed by atoms with Crippen molar-refractivity contribution in [2.75, 3.05) is 0 Å². The van der Waals surface area contributed by atoms with Gasteiger partial charge in [0.1, 0.15) is 5.65 Å². The minimum atomic E-state index is 0. The van der Waals surface area contributed by atoms with E-state index in [1.807, 2.05) is 53.2 Å². The number of ether oxygens (including phenoxy) is 1. The Hall–Kier alpha value is -5.84. The van der Waals surface area contributed by atoms with Crippen LogP contribution >= 0.6 is 0 Å². The molecule has 0 fully saturated rings. The SMILES string of the molecule is [Pt+2].[c-]1c(Oc2[c-]c3c(cc2)c2ccccc2n2c(-c4ccccc4)cnc32)ccc2c1c1nccn1c1nc(-c3ccccc3)ccc21. The van der Waals surface area contributed by atoms with Gasteiger partial charge in [-0.3, -0.25) is 9.97 Å². The summed E-state index contributed by atoms with van der Waals surface area (Å²) in [5.74, 6) is 1.17. The standard InChI is InChI=1S/C41H23N5O.Pt/c1-3-9-26(10-4-1)36-20-19-33-31-18-16-28(23-34(31)39-42-21-22-45(39)41(33)44-36)47-29-15-17-30-32-13-7-8-14-37(32)46-38(27-11-5-2-6-12-27)25-43-40(46)35(30)24-29;/h1-22,25H;/q-2;+2. The summed E-state index contributed by atoms with van der Waals surface area (Å²) in [6.45, 7) is 0. The first-order valence-electron chi connectivity index (χ1n) is 15.4. The molecule has 0 saturated heterocycles. The maximum atomic E-state index is 6.46. The number of hydrogen-bond donors (Lipinski definition) is 0. The second kappa shape index (κ2) is 11.1. The van der Waals surface area contributed by atoms with Crippen LogP contribution in [0.3, 0.4) is 0 Å². The van der Waals surface area contributed by atoms with Gasteiger partial charge in [-0.25, -0.2) is 4.98 Å². The zero-order valence-electron chi connectivity index (χ0n) is 25.2. The molecule has 0 saturated carbocycles. The molecule has 0 amide bonds. The fourth-order valence-electron chi connectivity index (χ4n) is 6.74. The fourth-order valence-corrected chi connectivity index (χ4v) is 6.74. The molecule has 0 N–H and O–H groups in total. The van der Waals surface area contributed by atoms with Crippen LogP contribution in [0, 0.1) is 12.1 Å². The monoisotopic (exact) mass is 796 g/mol. The number of pyridine rings is 3. The third-order valence-electron chi connectivity index (χ3n) is 8.88. The van der Waals surface area contributed by atoms with E-state index in [9.17, 15) is 0 Å². The molecule has 0 spiro atoms. The van der Waals surface area contributed by atoms with E-state index in [1.165, 1.54) is 0 Å². The summed E-state index contributed by atoms with van der Waals surface area (Å²) in [5, 5.41) is 5.99. The number of rotatable bonds is 4. The van der Waals surface area contributed by atoms with E-state index in [2.05, 4.69) is 101 Å². The van der Waals surface area contributed by atoms with Crippen LogP contribution in [0.5, 0.6) is 11.5 Å². The summed E-state index contributed by atoms with van der Waals surface area (Å²) in [6.07, 6.45) is 5.68. The Bertz CT molecular complexity index is 2830. The summed E-state index contributed by atoms with van der Waals surface area (Å²) < 4.78 is 10.7. The Morgan fingerprint density at radius 2 is 1.19 bits per heavy atom. The topological polar surface area (TPSA) is 56.7 Å². The molecule has 0 unspecified atom stereocenters. The first kappa shape index (κ1) is 28.4. The molecule has 0 aliphatic rings. The third kappa shape index (κ3) is 4.34. The molecule has 48 heavy (non-hydrogen) atoms. The number of benzene rings is 5. The summed E-state index contributed by atoms with van der Waals surface area (Å²) in [7, 11) is 0. The normalized spacial score (nSPS) is 11.6. The number of imidazole rings is 2. The van der Waals surface area contributed by atoms with Crippen molar-refractivity contribution in [1.29, 1.82) is 0 Å². The smallest absolute Gasteiger partial charge is 0.497 e. The number of nitrogens with zero attached hydrogens (tertiary/aromatic N) is 5. The summed E-state index contributed by atoms with van der Waals surface area (Å²) in [4.78, 5) is 14.6. The van der Waals surface area contributed by atoms with Crippen LogP contribution in [-0.4, -0.2) is 23.8 Å². The van der Waals surface area contributed by atoms with Gasteiger partial charge in [-0.2, -0.15) is 0 Å². The van der Waals surface area contributed by atoms with Crippen molar-refractivity contribution in [3.05, 3.63) is 152 Å². The van der Waals surface area contributed by atoms with E-state index in [0.717, 1.165) is 77.3 Å². The van der Waals surface area contributed by atoms with Gasteiger partial charge in [0.25, 0.3) is 0 Å². The van der Waals surface area contributed by atoms with Gasteiger partial charge in [-0.1, -0.05) is 131 Å². The maximum absolute atomic E-state index is 6.46. The average Bonchev–Trinajstić information content (AvgIpc) is 3.82. The van der Waals surface area contributed by atoms with Crippen molar-refractivity contribution in [2.24, 2.45) is 0 Å². The Kier molecular flexibility index (Phi) is 6.59. The van der Waals surface area contributed by atoms with Crippen LogP contribution in [0.2, 0.25) is 0 Å². The molecule has 0 aliphatic carbocycles. The number of aromatic nitrogens is 5. The number of hydrogen-bond acceptors (Lipinski definition) is 4. The van der Waals surface area contributed by atoms with Gasteiger partial charge in [0, 0.05) is 41.2 Å². The Labute approximate surface area is 289 Å². The Morgan fingerprint density at radius 3 is 1.96 bits per heavy atom. The number of fused-ring (bicyclic) bond motifs is 12. The van der Waals surface area contributed by atoms with E-state index < -0.39 is 0 Å². The van der Waals surface area contributed by atoms with Crippen molar-refractivity contribution in [2.45, 2.75) is 0 Å². The molecular weight excluding hydrogens is 774 g/mol. The summed E-state index contributed by atoms with van der Waals surface area (Å²) >= 11 is 0. The van der Waals surface area contributed by atoms with E-state index in [1.54, 1.807) is 6.20 Å². The first-order chi connectivity index (χ1) is 23.3. The van der Waals surface area contributed by atoms with Crippen molar-refractivity contribution in [3.63, 3.8) is 0 Å². The van der Waals surface area contributed by atoms with Crippen LogP contribution in [0.25, 0.3) is 77.3 Å². The molecule has 0 bridgehead atoms. The predicted octanol–water partition coefficient (Wildman–Crippen LogP) is 9.71. The summed E-state index contributed by atoms with van der Waals surface area (Å²) in [5.41, 5.74) is 7.67. The maximum Gasteiger partial charge on any atom is 2.00 e. The minimum Gasteiger partial charge on any atom is -0.497 e. The Balaban J connectivity index is 0.00000314. The first-order valence-corrected chi connectivity index (χ1v) is 15.4. The molecule has 0 radical (unpaired) electrons. The van der Waals surface area contributed by atoms with E-state index in [-0.39, 0.29) is 21.1 Å². The zero-order chi connectivity index (χ0) is 30.9. The van der Waals surface area contributed by atoms with Crippen LogP contribution in [0.4, 0.5) is 0 Å². The Morgan fingerprint density at radius 1 is 0.542 bits per heavy atom. The van der Waals surface area contributed by atoms with Crippen molar-refractivity contribution < 1.29 is 25.8 Å². The molecule has 6 nitrogen and oxygen atoms in total. The molecule has 7 heteroatoms. The number of para-hydroxylation sites is 1. The fraction of sp³-hybridized carbons (Fsp3) is 0. The molecular formula is C41H23N5OPt. The predicted molar refractivity (Wildman–Crippen MR) is 187 cm³/mol. The minimum absolute atomic E-state index is 0. The van der Waals surface area contributed by atoms with Crippen molar-refractivity contribution in [1.82, 2.24) is 23.8 Å². The van der Waals surface area contributed by atoms with Crippen LogP contribution < -0.4 is 4.74 Å². The van der Waals surface area contributed by atoms with Gasteiger partial charge < -0.3 is 13.5 Å². The van der Waals surface area contributed by atoms with E-state index >= 15 is 0 Å². The van der Waals surface area contributed by atoms with Crippen LogP contribution in [0.15, 0.2) is 140 Å². The molecule has 5 aromatic heterocycles. The summed E-state index contributed by atoms with van der Waals surface area (Å²) in [6, 6.07) is 48.3. The molecule has 5 aromatic carbocycles. The second-order valence-corrected chi connectivity index (χ2v) is 11.6. The van der Waals surface area contributed by atoms with Gasteiger partial charge in [-0.05, 0) is 28.5 Å². The van der Waals surface area contributed by atoms with Crippen LogP contribution in [0.1, 0.15) is 0 Å². The third-order valence-corrected chi connectivity index (χ3v) is 8.88. The molecule has 0 aliphatic heterocycles. The van der Waals surface area contributed by atoms with Gasteiger partial charge in [-0.15, -0.1) is 12.1 Å². The quantitative estimate of drug-likeness (QED) is 0.132.